The number of carbonyl (C=O) groups excluding carboxylic acids is 2. The largest absolute Gasteiger partial charge is 0.497 e. The summed E-state index contributed by atoms with van der Waals surface area (Å²) in [5, 5.41) is 4.81. The third-order valence-corrected chi connectivity index (χ3v) is 5.75. The predicted octanol–water partition coefficient (Wildman–Crippen LogP) is 2.43. The summed E-state index contributed by atoms with van der Waals surface area (Å²) in [4.78, 5) is 28.1. The van der Waals surface area contributed by atoms with Crippen molar-refractivity contribution >= 4 is 22.7 Å². The lowest BCUT2D eigenvalue weighted by atomic mass is 9.90. The van der Waals surface area contributed by atoms with E-state index in [-0.39, 0.29) is 18.4 Å². The fourth-order valence-corrected chi connectivity index (χ4v) is 3.97. The molecule has 3 amide bonds. The molecule has 3 aromatic carbocycles. The van der Waals surface area contributed by atoms with Crippen LogP contribution in [-0.2, 0) is 16.9 Å². The average molecular weight is 422 g/mol. The van der Waals surface area contributed by atoms with Crippen molar-refractivity contribution in [3.05, 3.63) is 77.6 Å². The van der Waals surface area contributed by atoms with Crippen LogP contribution in [0.25, 0.3) is 10.8 Å². The molecule has 1 heterocycles. The van der Waals surface area contributed by atoms with E-state index in [2.05, 4.69) is 5.32 Å². The van der Waals surface area contributed by atoms with Crippen molar-refractivity contribution in [3.63, 3.8) is 0 Å². The minimum atomic E-state index is -1.14. The van der Waals surface area contributed by atoms with Crippen LogP contribution in [0.3, 0.4) is 0 Å². The highest BCUT2D eigenvalue weighted by molar-refractivity contribution is 6.07. The molecular weight excluding hydrogens is 397 g/mol. The number of nitrogens with zero attached hydrogens (tertiary/aromatic N) is 1. The van der Waals surface area contributed by atoms with E-state index >= 15 is 0 Å². The Balaban J connectivity index is 1.53. The SMILES string of the molecule is COc1ccc2cc([C@]3(C)NC(=O)N(C[NH+](C)Cc4ccc(F)cc4)C3=O)ccc2c1. The number of halogens is 1. The fraction of sp³-hybridized carbons (Fsp3) is 0.250. The summed E-state index contributed by atoms with van der Waals surface area (Å²) in [6.45, 7) is 2.50. The van der Waals surface area contributed by atoms with E-state index in [9.17, 15) is 14.0 Å². The van der Waals surface area contributed by atoms with Crippen LogP contribution < -0.4 is 15.0 Å². The van der Waals surface area contributed by atoms with Gasteiger partial charge in [0.2, 0.25) is 0 Å². The highest BCUT2D eigenvalue weighted by Gasteiger charge is 2.50. The van der Waals surface area contributed by atoms with Crippen LogP contribution in [0.5, 0.6) is 5.75 Å². The summed E-state index contributed by atoms with van der Waals surface area (Å²) in [7, 11) is 3.51. The zero-order valence-corrected chi connectivity index (χ0v) is 17.7. The average Bonchev–Trinajstić information content (AvgIpc) is 2.98. The van der Waals surface area contributed by atoms with Crippen LogP contribution in [0.15, 0.2) is 60.7 Å². The molecule has 0 bridgehead atoms. The van der Waals surface area contributed by atoms with Crippen LogP contribution in [-0.4, -0.2) is 37.7 Å². The molecule has 6 nitrogen and oxygen atoms in total. The van der Waals surface area contributed by atoms with Gasteiger partial charge in [-0.1, -0.05) is 30.3 Å². The molecule has 0 aromatic heterocycles. The lowest BCUT2D eigenvalue weighted by Crippen LogP contribution is -3.09. The number of quaternary nitrogens is 1. The van der Waals surface area contributed by atoms with E-state index in [0.29, 0.717) is 6.54 Å². The van der Waals surface area contributed by atoms with Gasteiger partial charge in [0.1, 0.15) is 23.7 Å². The topological polar surface area (TPSA) is 63.1 Å². The Labute approximate surface area is 180 Å². The first-order valence-electron chi connectivity index (χ1n) is 10.1. The van der Waals surface area contributed by atoms with Gasteiger partial charge in [0.25, 0.3) is 5.91 Å². The molecule has 31 heavy (non-hydrogen) atoms. The van der Waals surface area contributed by atoms with E-state index in [0.717, 1.165) is 32.5 Å². The van der Waals surface area contributed by atoms with Crippen molar-refractivity contribution in [1.82, 2.24) is 10.2 Å². The van der Waals surface area contributed by atoms with Crippen molar-refractivity contribution in [2.45, 2.75) is 19.0 Å². The molecule has 1 unspecified atom stereocenters. The van der Waals surface area contributed by atoms with Crippen molar-refractivity contribution in [2.24, 2.45) is 0 Å². The summed E-state index contributed by atoms with van der Waals surface area (Å²) in [5.41, 5.74) is 0.516. The first kappa shape index (κ1) is 20.8. The summed E-state index contributed by atoms with van der Waals surface area (Å²) in [6, 6.07) is 17.2. The summed E-state index contributed by atoms with van der Waals surface area (Å²) in [5.74, 6) is 0.180. The molecule has 1 aliphatic heterocycles. The molecule has 0 spiro atoms. The monoisotopic (exact) mass is 422 g/mol. The van der Waals surface area contributed by atoms with Gasteiger partial charge in [-0.2, -0.15) is 0 Å². The first-order valence-corrected chi connectivity index (χ1v) is 10.1. The third-order valence-electron chi connectivity index (χ3n) is 5.75. The number of carbonyl (C=O) groups is 2. The second-order valence-corrected chi connectivity index (χ2v) is 8.13. The van der Waals surface area contributed by atoms with Crippen LogP contribution >= 0.6 is 0 Å². The quantitative estimate of drug-likeness (QED) is 0.600. The number of amides is 3. The third kappa shape index (κ3) is 3.96. The van der Waals surface area contributed by atoms with Gasteiger partial charge in [-0.15, -0.1) is 0 Å². The molecule has 1 saturated heterocycles. The highest BCUT2D eigenvalue weighted by atomic mass is 19.1. The molecule has 4 rings (SSSR count). The van der Waals surface area contributed by atoms with Gasteiger partial charge < -0.3 is 15.0 Å². The number of urea groups is 1. The summed E-state index contributed by atoms with van der Waals surface area (Å²) >= 11 is 0. The molecule has 160 valence electrons. The lowest BCUT2D eigenvalue weighted by molar-refractivity contribution is -0.901. The van der Waals surface area contributed by atoms with E-state index < -0.39 is 11.6 Å². The zero-order valence-electron chi connectivity index (χ0n) is 17.7. The molecule has 1 fully saturated rings. The van der Waals surface area contributed by atoms with E-state index in [4.69, 9.17) is 4.74 Å². The minimum absolute atomic E-state index is 0.211. The second-order valence-electron chi connectivity index (χ2n) is 8.13. The number of rotatable bonds is 6. The number of imide groups is 1. The van der Waals surface area contributed by atoms with E-state index in [1.807, 2.05) is 43.4 Å². The van der Waals surface area contributed by atoms with Gasteiger partial charge in [-0.3, -0.25) is 4.79 Å². The number of hydrogen-bond donors (Lipinski definition) is 2. The molecule has 0 aliphatic carbocycles. The van der Waals surface area contributed by atoms with Gasteiger partial charge in [0.15, 0.2) is 6.67 Å². The smallest absolute Gasteiger partial charge is 0.329 e. The number of ether oxygens (including phenoxy) is 1. The van der Waals surface area contributed by atoms with Crippen LogP contribution in [0.4, 0.5) is 9.18 Å². The molecule has 0 saturated carbocycles. The standard InChI is InChI=1S/C24H24FN3O3/c1-24(19-8-6-18-13-21(31-3)11-7-17(18)12-19)22(29)28(23(30)26-24)15-27(2)14-16-4-9-20(25)10-5-16/h4-13H,14-15H2,1-3H3,(H,26,30)/p+1/t24-/m0/s1. The van der Waals surface area contributed by atoms with E-state index in [1.165, 1.54) is 17.0 Å². The van der Waals surface area contributed by atoms with Gasteiger partial charge >= 0.3 is 6.03 Å². The lowest BCUT2D eigenvalue weighted by Gasteiger charge is -2.24. The first-order chi connectivity index (χ1) is 14.8. The number of hydrogen-bond acceptors (Lipinski definition) is 3. The van der Waals surface area contributed by atoms with Crippen molar-refractivity contribution < 1.29 is 23.6 Å². The maximum Gasteiger partial charge on any atom is 0.329 e. The summed E-state index contributed by atoms with van der Waals surface area (Å²) < 4.78 is 18.4. The van der Waals surface area contributed by atoms with Gasteiger partial charge in [-0.25, -0.2) is 14.1 Å². The molecule has 3 aromatic rings. The Hall–Kier alpha value is -3.45. The second kappa shape index (κ2) is 8.00. The Morgan fingerprint density at radius 2 is 1.71 bits per heavy atom. The number of methoxy groups -OCH3 is 1. The molecule has 7 heteroatoms. The normalized spacial score (nSPS) is 19.5. The van der Waals surface area contributed by atoms with Crippen molar-refractivity contribution in [3.8, 4) is 5.75 Å². The fourth-order valence-electron chi connectivity index (χ4n) is 3.97. The van der Waals surface area contributed by atoms with Gasteiger partial charge in [0, 0.05) is 5.56 Å². The molecule has 1 aliphatic rings. The maximum atomic E-state index is 13.3. The molecule has 2 N–H and O–H groups in total. The van der Waals surface area contributed by atoms with Crippen molar-refractivity contribution in [2.75, 3.05) is 20.8 Å². The van der Waals surface area contributed by atoms with Crippen LogP contribution in [0.2, 0.25) is 0 Å². The molecular formula is C24H25FN3O3+. The van der Waals surface area contributed by atoms with Crippen LogP contribution in [0, 0.1) is 5.82 Å². The Bertz CT molecular complexity index is 1150. The highest BCUT2D eigenvalue weighted by Crippen LogP contribution is 2.31. The molecule has 2 atom stereocenters. The zero-order chi connectivity index (χ0) is 22.2. The van der Waals surface area contributed by atoms with Crippen LogP contribution in [0.1, 0.15) is 18.1 Å². The number of benzene rings is 3. The number of nitrogens with one attached hydrogen (secondary N) is 2. The Kier molecular flexibility index (Phi) is 5.37. The van der Waals surface area contributed by atoms with E-state index in [1.54, 1.807) is 26.2 Å². The number of fused-ring (bicyclic) bond motifs is 1. The Morgan fingerprint density at radius 3 is 2.42 bits per heavy atom. The van der Waals surface area contributed by atoms with Gasteiger partial charge in [0.05, 0.1) is 14.2 Å². The minimum Gasteiger partial charge on any atom is -0.497 e. The molecule has 0 radical (unpaired) electrons. The maximum absolute atomic E-state index is 13.3. The van der Waals surface area contributed by atoms with Gasteiger partial charge in [-0.05, 0) is 53.6 Å². The Morgan fingerprint density at radius 1 is 1.03 bits per heavy atom. The summed E-state index contributed by atoms with van der Waals surface area (Å²) in [6.07, 6.45) is 0. The van der Waals surface area contributed by atoms with Crippen molar-refractivity contribution in [1.29, 1.82) is 0 Å². The predicted molar refractivity (Wildman–Crippen MR) is 115 cm³/mol.